The third-order valence-corrected chi connectivity index (χ3v) is 5.68. The van der Waals surface area contributed by atoms with Gasteiger partial charge in [0.05, 0.1) is 18.2 Å². The van der Waals surface area contributed by atoms with Gasteiger partial charge in [0, 0.05) is 16.6 Å². The van der Waals surface area contributed by atoms with Crippen LogP contribution in [0.15, 0.2) is 58.6 Å². The van der Waals surface area contributed by atoms with E-state index < -0.39 is 17.7 Å². The lowest BCUT2D eigenvalue weighted by molar-refractivity contribution is -0.139. The molecular weight excluding hydrogens is 460 g/mol. The van der Waals surface area contributed by atoms with Crippen LogP contribution in [0.4, 0.5) is 0 Å². The van der Waals surface area contributed by atoms with Crippen LogP contribution in [0.25, 0.3) is 5.76 Å². The lowest BCUT2D eigenvalue weighted by Gasteiger charge is -2.26. The highest BCUT2D eigenvalue weighted by atomic mass is 79.9. The van der Waals surface area contributed by atoms with E-state index in [-0.39, 0.29) is 11.3 Å². The van der Waals surface area contributed by atoms with Gasteiger partial charge < -0.3 is 19.6 Å². The lowest BCUT2D eigenvalue weighted by atomic mass is 9.95. The number of carbonyl (C=O) groups excluding carboxylic acids is 2. The van der Waals surface area contributed by atoms with E-state index in [4.69, 9.17) is 4.74 Å². The molecule has 0 aromatic heterocycles. The van der Waals surface area contributed by atoms with Gasteiger partial charge >= 0.3 is 0 Å². The number of hydrogen-bond acceptors (Lipinski definition) is 5. The average Bonchev–Trinajstić information content (AvgIpc) is 2.99. The number of rotatable bonds is 8. The number of amides is 1. The Labute approximate surface area is 191 Å². The topological polar surface area (TPSA) is 70.1 Å². The molecule has 3 rings (SSSR count). The molecule has 0 spiro atoms. The minimum Gasteiger partial charge on any atom is -0.507 e. The van der Waals surface area contributed by atoms with Gasteiger partial charge in [-0.1, -0.05) is 40.2 Å². The Morgan fingerprint density at radius 3 is 2.52 bits per heavy atom. The van der Waals surface area contributed by atoms with Crippen molar-refractivity contribution in [3.8, 4) is 5.75 Å². The zero-order valence-electron chi connectivity index (χ0n) is 18.0. The Balaban J connectivity index is 2.08. The zero-order chi connectivity index (χ0) is 22.5. The van der Waals surface area contributed by atoms with Crippen molar-refractivity contribution >= 4 is 33.4 Å². The van der Waals surface area contributed by atoms with E-state index in [0.29, 0.717) is 30.9 Å². The third kappa shape index (κ3) is 5.17. The van der Waals surface area contributed by atoms with Crippen LogP contribution < -0.4 is 4.74 Å². The first kappa shape index (κ1) is 23.0. The Kier molecular flexibility index (Phi) is 7.51. The molecule has 1 heterocycles. The van der Waals surface area contributed by atoms with Crippen LogP contribution in [0.2, 0.25) is 0 Å². The summed E-state index contributed by atoms with van der Waals surface area (Å²) >= 11 is 3.43. The maximum Gasteiger partial charge on any atom is 0.295 e. The maximum absolute atomic E-state index is 13.0. The summed E-state index contributed by atoms with van der Waals surface area (Å²) in [5.74, 6) is -0.860. The molecule has 0 radical (unpaired) electrons. The van der Waals surface area contributed by atoms with E-state index in [2.05, 4.69) is 15.9 Å². The second-order valence-corrected chi connectivity index (χ2v) is 8.58. The van der Waals surface area contributed by atoms with Crippen molar-refractivity contribution in [2.24, 2.45) is 0 Å². The molecule has 1 atom stereocenters. The number of aliphatic hydroxyl groups excluding tert-OH is 1. The molecule has 7 heteroatoms. The van der Waals surface area contributed by atoms with E-state index in [1.807, 2.05) is 50.2 Å². The minimum absolute atomic E-state index is 0.103. The predicted molar refractivity (Wildman–Crippen MR) is 124 cm³/mol. The van der Waals surface area contributed by atoms with Crippen molar-refractivity contribution in [2.45, 2.75) is 19.4 Å². The van der Waals surface area contributed by atoms with Crippen LogP contribution in [0, 0.1) is 0 Å². The molecule has 164 valence electrons. The van der Waals surface area contributed by atoms with Crippen molar-refractivity contribution in [2.75, 3.05) is 33.8 Å². The second-order valence-electron chi connectivity index (χ2n) is 7.66. The van der Waals surface area contributed by atoms with E-state index in [9.17, 15) is 14.7 Å². The standard InChI is InChI=1S/C24H27BrN2O4/c1-4-31-19-8-5-7-17(15-19)22(28)20-21(16-9-11-18(25)12-10-16)27(24(30)23(20)29)14-6-13-26(2)3/h5,7-12,15,21,28H,4,6,13-14H2,1-3H3. The first-order valence-electron chi connectivity index (χ1n) is 10.2. The Bertz CT molecular complexity index is 985. The normalized spacial score (nSPS) is 18.1. The summed E-state index contributed by atoms with van der Waals surface area (Å²) in [5, 5.41) is 11.1. The van der Waals surface area contributed by atoms with Gasteiger partial charge in [0.15, 0.2) is 0 Å². The largest absolute Gasteiger partial charge is 0.507 e. The Hall–Kier alpha value is -2.64. The molecule has 0 aliphatic carbocycles. The molecule has 1 amide bonds. The van der Waals surface area contributed by atoms with Crippen molar-refractivity contribution in [3.63, 3.8) is 0 Å². The monoisotopic (exact) mass is 486 g/mol. The summed E-state index contributed by atoms with van der Waals surface area (Å²) in [6.07, 6.45) is 0.715. The van der Waals surface area contributed by atoms with Crippen molar-refractivity contribution in [3.05, 3.63) is 69.7 Å². The molecule has 1 saturated heterocycles. The molecule has 6 nitrogen and oxygen atoms in total. The van der Waals surface area contributed by atoms with Crippen LogP contribution >= 0.6 is 15.9 Å². The van der Waals surface area contributed by atoms with Crippen LogP contribution in [0.3, 0.4) is 0 Å². The number of ketones is 1. The van der Waals surface area contributed by atoms with E-state index >= 15 is 0 Å². The number of ether oxygens (including phenoxy) is 1. The molecule has 2 aromatic rings. The lowest BCUT2D eigenvalue weighted by Crippen LogP contribution is -2.32. The molecule has 31 heavy (non-hydrogen) atoms. The highest BCUT2D eigenvalue weighted by Gasteiger charge is 2.45. The van der Waals surface area contributed by atoms with Crippen molar-refractivity contribution in [1.82, 2.24) is 9.80 Å². The molecule has 1 aliphatic heterocycles. The molecule has 0 saturated carbocycles. The molecular formula is C24H27BrN2O4. The van der Waals surface area contributed by atoms with Crippen LogP contribution in [0.5, 0.6) is 5.75 Å². The van der Waals surface area contributed by atoms with Gasteiger partial charge in [0.1, 0.15) is 11.5 Å². The second kappa shape index (κ2) is 10.1. The molecule has 2 aromatic carbocycles. The summed E-state index contributed by atoms with van der Waals surface area (Å²) in [5.41, 5.74) is 1.32. The van der Waals surface area contributed by atoms with Gasteiger partial charge in [-0.05, 0) is 63.8 Å². The summed E-state index contributed by atoms with van der Waals surface area (Å²) in [6.45, 7) is 3.56. The van der Waals surface area contributed by atoms with Crippen molar-refractivity contribution in [1.29, 1.82) is 0 Å². The fourth-order valence-electron chi connectivity index (χ4n) is 3.71. The van der Waals surface area contributed by atoms with E-state index in [1.54, 1.807) is 29.2 Å². The Morgan fingerprint density at radius 1 is 1.16 bits per heavy atom. The SMILES string of the molecule is CCOc1cccc(C(O)=C2C(=O)C(=O)N(CCCN(C)C)C2c2ccc(Br)cc2)c1. The van der Waals surface area contributed by atoms with Crippen LogP contribution in [-0.2, 0) is 9.59 Å². The fraction of sp³-hybridized carbons (Fsp3) is 0.333. The van der Waals surface area contributed by atoms with E-state index in [0.717, 1.165) is 16.6 Å². The van der Waals surface area contributed by atoms with Gasteiger partial charge in [0.25, 0.3) is 11.7 Å². The van der Waals surface area contributed by atoms with Crippen LogP contribution in [-0.4, -0.2) is 60.4 Å². The summed E-state index contributed by atoms with van der Waals surface area (Å²) < 4.78 is 6.42. The molecule has 1 unspecified atom stereocenters. The Morgan fingerprint density at radius 2 is 1.87 bits per heavy atom. The molecule has 1 fully saturated rings. The quantitative estimate of drug-likeness (QED) is 0.343. The molecule has 1 N–H and O–H groups in total. The number of carbonyl (C=O) groups is 2. The van der Waals surface area contributed by atoms with Gasteiger partial charge in [-0.2, -0.15) is 0 Å². The minimum atomic E-state index is -0.669. The highest BCUT2D eigenvalue weighted by Crippen LogP contribution is 2.40. The number of hydrogen-bond donors (Lipinski definition) is 1. The number of benzene rings is 2. The van der Waals surface area contributed by atoms with Crippen LogP contribution in [0.1, 0.15) is 30.5 Å². The highest BCUT2D eigenvalue weighted by molar-refractivity contribution is 9.10. The number of Topliss-reactive ketones (excluding diaryl/α,β-unsaturated/α-hetero) is 1. The van der Waals surface area contributed by atoms with Crippen molar-refractivity contribution < 1.29 is 19.4 Å². The van der Waals surface area contributed by atoms with Gasteiger partial charge in [-0.15, -0.1) is 0 Å². The molecule has 1 aliphatic rings. The van der Waals surface area contributed by atoms with Gasteiger partial charge in [-0.25, -0.2) is 0 Å². The number of aliphatic hydroxyl groups is 1. The first-order chi connectivity index (χ1) is 14.8. The predicted octanol–water partition coefficient (Wildman–Crippen LogP) is 4.22. The smallest absolute Gasteiger partial charge is 0.295 e. The van der Waals surface area contributed by atoms with Gasteiger partial charge in [0.2, 0.25) is 0 Å². The summed E-state index contributed by atoms with van der Waals surface area (Å²) in [6, 6.07) is 13.7. The molecule has 0 bridgehead atoms. The number of nitrogens with zero attached hydrogens (tertiary/aromatic N) is 2. The first-order valence-corrected chi connectivity index (χ1v) is 11.0. The zero-order valence-corrected chi connectivity index (χ0v) is 19.6. The number of halogens is 1. The summed E-state index contributed by atoms with van der Waals surface area (Å²) in [7, 11) is 3.93. The van der Waals surface area contributed by atoms with Gasteiger partial charge in [-0.3, -0.25) is 9.59 Å². The fourth-order valence-corrected chi connectivity index (χ4v) is 3.98. The average molecular weight is 487 g/mol. The number of likely N-dealkylation sites (tertiary alicyclic amines) is 1. The third-order valence-electron chi connectivity index (χ3n) is 5.15. The maximum atomic E-state index is 13.0. The van der Waals surface area contributed by atoms with E-state index in [1.165, 1.54) is 0 Å². The summed E-state index contributed by atoms with van der Waals surface area (Å²) in [4.78, 5) is 29.6.